The van der Waals surface area contributed by atoms with E-state index in [1.54, 1.807) is 23.7 Å². The Morgan fingerprint density at radius 2 is 1.89 bits per heavy atom. The van der Waals surface area contributed by atoms with Crippen LogP contribution in [-0.2, 0) is 6.42 Å². The number of nitrogens with one attached hydrogen (secondary N) is 1. The molecule has 0 fully saturated rings. The molecule has 136 valence electrons. The molecule has 4 rings (SSSR count). The van der Waals surface area contributed by atoms with Crippen LogP contribution in [-0.4, -0.2) is 15.1 Å². The van der Waals surface area contributed by atoms with Crippen molar-refractivity contribution in [2.75, 3.05) is 5.32 Å². The minimum atomic E-state index is 0.206. The van der Waals surface area contributed by atoms with E-state index in [0.717, 1.165) is 37.8 Å². The van der Waals surface area contributed by atoms with Crippen molar-refractivity contribution in [1.29, 1.82) is 0 Å². The van der Waals surface area contributed by atoms with Gasteiger partial charge in [-0.15, -0.1) is 11.3 Å². The highest BCUT2D eigenvalue weighted by atomic mass is 79.9. The van der Waals surface area contributed by atoms with Crippen LogP contribution in [0, 0.1) is 6.92 Å². The van der Waals surface area contributed by atoms with Crippen LogP contribution in [0.4, 0.5) is 11.5 Å². The fourth-order valence-electron chi connectivity index (χ4n) is 3.12. The maximum Gasteiger partial charge on any atom is 0.143 e. The Bertz CT molecular complexity index is 1120. The zero-order chi connectivity index (χ0) is 19.0. The number of hydrogen-bond acceptors (Lipinski definition) is 5. The van der Waals surface area contributed by atoms with Crippen molar-refractivity contribution in [2.24, 2.45) is 0 Å². The van der Waals surface area contributed by atoms with E-state index in [1.807, 2.05) is 31.2 Å². The smallest absolute Gasteiger partial charge is 0.143 e. The van der Waals surface area contributed by atoms with Crippen molar-refractivity contribution in [3.05, 3.63) is 63.7 Å². The molecule has 4 nitrogen and oxygen atoms in total. The van der Waals surface area contributed by atoms with Gasteiger partial charge in [-0.05, 0) is 48.7 Å². The number of rotatable bonds is 4. The first-order valence-corrected chi connectivity index (χ1v) is 10.3. The maximum absolute atomic E-state index is 10.3. The van der Waals surface area contributed by atoms with Crippen LogP contribution in [0.25, 0.3) is 21.3 Å². The van der Waals surface area contributed by atoms with E-state index in [1.165, 1.54) is 4.88 Å². The van der Waals surface area contributed by atoms with E-state index in [-0.39, 0.29) is 5.75 Å². The minimum Gasteiger partial charge on any atom is -0.506 e. The Labute approximate surface area is 170 Å². The van der Waals surface area contributed by atoms with Gasteiger partial charge in [-0.1, -0.05) is 41.1 Å². The zero-order valence-corrected chi connectivity index (χ0v) is 17.4. The predicted molar refractivity (Wildman–Crippen MR) is 116 cm³/mol. The largest absolute Gasteiger partial charge is 0.506 e. The number of aromatic hydroxyl groups is 1. The van der Waals surface area contributed by atoms with Crippen molar-refractivity contribution in [1.82, 2.24) is 9.97 Å². The fourth-order valence-corrected chi connectivity index (χ4v) is 4.48. The zero-order valence-electron chi connectivity index (χ0n) is 15.0. The number of aromatic nitrogens is 2. The lowest BCUT2D eigenvalue weighted by atomic mass is 10.0. The van der Waals surface area contributed by atoms with Gasteiger partial charge in [0.05, 0.1) is 11.1 Å². The quantitative estimate of drug-likeness (QED) is 0.359. The molecule has 0 atom stereocenters. The summed E-state index contributed by atoms with van der Waals surface area (Å²) < 4.78 is 1.04. The maximum atomic E-state index is 10.3. The summed E-state index contributed by atoms with van der Waals surface area (Å²) in [5.41, 5.74) is 3.92. The van der Waals surface area contributed by atoms with Crippen molar-refractivity contribution >= 4 is 49.0 Å². The monoisotopic (exact) mass is 439 g/mol. The number of aryl methyl sites for hydroxylation is 2. The van der Waals surface area contributed by atoms with Gasteiger partial charge >= 0.3 is 0 Å². The molecule has 4 aromatic rings. The summed E-state index contributed by atoms with van der Waals surface area (Å²) in [6.07, 6.45) is 2.48. The van der Waals surface area contributed by atoms with Crippen LogP contribution < -0.4 is 5.32 Å². The Hall–Kier alpha value is -2.44. The number of phenols is 1. The molecular formula is C21H18BrN3OS. The van der Waals surface area contributed by atoms with Crippen LogP contribution in [0.5, 0.6) is 5.75 Å². The molecule has 0 bridgehead atoms. The van der Waals surface area contributed by atoms with Gasteiger partial charge in [0, 0.05) is 14.9 Å². The number of thiophene rings is 1. The third-order valence-corrected chi connectivity index (χ3v) is 6.19. The van der Waals surface area contributed by atoms with E-state index in [4.69, 9.17) is 0 Å². The van der Waals surface area contributed by atoms with E-state index >= 15 is 0 Å². The molecular weight excluding hydrogens is 422 g/mol. The molecule has 2 N–H and O–H groups in total. The average molecular weight is 440 g/mol. The summed E-state index contributed by atoms with van der Waals surface area (Å²) in [4.78, 5) is 11.2. The first kappa shape index (κ1) is 17.9. The number of nitrogens with zero attached hydrogens (tertiary/aromatic N) is 2. The van der Waals surface area contributed by atoms with E-state index in [0.29, 0.717) is 11.5 Å². The second-order valence-corrected chi connectivity index (χ2v) is 8.31. The first-order valence-electron chi connectivity index (χ1n) is 8.65. The molecule has 0 radical (unpaired) electrons. The first-order chi connectivity index (χ1) is 13.1. The number of fused-ring (bicyclic) bond motifs is 1. The second kappa shape index (κ2) is 7.29. The molecule has 2 heterocycles. The lowest BCUT2D eigenvalue weighted by Gasteiger charge is -2.11. The molecule has 0 aliphatic carbocycles. The fraction of sp³-hybridized carbons (Fsp3) is 0.143. The van der Waals surface area contributed by atoms with Gasteiger partial charge < -0.3 is 10.4 Å². The van der Waals surface area contributed by atoms with Gasteiger partial charge in [-0.3, -0.25) is 0 Å². The van der Waals surface area contributed by atoms with Gasteiger partial charge in [0.2, 0.25) is 0 Å². The molecule has 0 spiro atoms. The summed E-state index contributed by atoms with van der Waals surface area (Å²) in [6, 6.07) is 13.9. The minimum absolute atomic E-state index is 0.206. The van der Waals surface area contributed by atoms with Crippen molar-refractivity contribution in [3.8, 4) is 16.9 Å². The van der Waals surface area contributed by atoms with Crippen LogP contribution in [0.15, 0.2) is 53.3 Å². The summed E-state index contributed by atoms with van der Waals surface area (Å²) in [7, 11) is 0. The number of halogens is 1. The van der Waals surface area contributed by atoms with E-state index in [2.05, 4.69) is 50.3 Å². The standard InChI is InChI=1S/C21H18BrN3OS/c1-3-17-18(13-5-7-14(22)8-6-13)19-20(23-11-24-21(19)27-17)25-15-9-4-12(2)10-16(15)26/h4-11,26H,3H2,1-2H3,(H,23,24,25). The summed E-state index contributed by atoms with van der Waals surface area (Å²) in [6.45, 7) is 4.10. The summed E-state index contributed by atoms with van der Waals surface area (Å²) >= 11 is 5.19. The number of hydrogen-bond donors (Lipinski definition) is 2. The van der Waals surface area contributed by atoms with Crippen LogP contribution >= 0.6 is 27.3 Å². The molecule has 0 aliphatic heterocycles. The number of phenolic OH excluding ortho intramolecular Hbond substituents is 1. The highest BCUT2D eigenvalue weighted by Gasteiger charge is 2.18. The van der Waals surface area contributed by atoms with Crippen molar-refractivity contribution in [3.63, 3.8) is 0 Å². The molecule has 0 aliphatic rings. The highest BCUT2D eigenvalue weighted by Crippen LogP contribution is 2.42. The third-order valence-electron chi connectivity index (χ3n) is 4.42. The molecule has 27 heavy (non-hydrogen) atoms. The predicted octanol–water partition coefficient (Wildman–Crippen LogP) is 6.44. The van der Waals surface area contributed by atoms with Crippen molar-refractivity contribution < 1.29 is 5.11 Å². The van der Waals surface area contributed by atoms with Crippen molar-refractivity contribution in [2.45, 2.75) is 20.3 Å². The van der Waals surface area contributed by atoms with E-state index < -0.39 is 0 Å². The Balaban J connectivity index is 1.91. The second-order valence-electron chi connectivity index (χ2n) is 6.31. The van der Waals surface area contributed by atoms with Gasteiger partial charge in [-0.2, -0.15) is 0 Å². The molecule has 0 saturated heterocycles. The summed E-state index contributed by atoms with van der Waals surface area (Å²) in [5, 5.41) is 14.6. The molecule has 2 aromatic heterocycles. The number of anilines is 2. The highest BCUT2D eigenvalue weighted by molar-refractivity contribution is 9.10. The Kier molecular flexibility index (Phi) is 4.85. The van der Waals surface area contributed by atoms with Gasteiger partial charge in [0.25, 0.3) is 0 Å². The molecule has 6 heteroatoms. The van der Waals surface area contributed by atoms with Crippen LogP contribution in [0.1, 0.15) is 17.4 Å². The lowest BCUT2D eigenvalue weighted by molar-refractivity contribution is 0.477. The van der Waals surface area contributed by atoms with Crippen LogP contribution in [0.3, 0.4) is 0 Å². The third kappa shape index (κ3) is 3.42. The summed E-state index contributed by atoms with van der Waals surface area (Å²) in [5.74, 6) is 0.908. The molecule has 0 saturated carbocycles. The Morgan fingerprint density at radius 1 is 1.11 bits per heavy atom. The number of benzene rings is 2. The van der Waals surface area contributed by atoms with Crippen LogP contribution in [0.2, 0.25) is 0 Å². The van der Waals surface area contributed by atoms with Gasteiger partial charge in [0.15, 0.2) is 0 Å². The molecule has 0 unspecified atom stereocenters. The SMILES string of the molecule is CCc1sc2ncnc(Nc3ccc(C)cc3O)c2c1-c1ccc(Br)cc1. The molecule has 2 aromatic carbocycles. The average Bonchev–Trinajstić information content (AvgIpc) is 3.04. The normalized spacial score (nSPS) is 11.1. The lowest BCUT2D eigenvalue weighted by Crippen LogP contribution is -1.96. The van der Waals surface area contributed by atoms with Gasteiger partial charge in [-0.25, -0.2) is 9.97 Å². The van der Waals surface area contributed by atoms with E-state index in [9.17, 15) is 5.11 Å². The van der Waals surface area contributed by atoms with Gasteiger partial charge in [0.1, 0.15) is 22.7 Å². The Morgan fingerprint density at radius 3 is 2.59 bits per heavy atom. The topological polar surface area (TPSA) is 58.0 Å². The molecule has 0 amide bonds.